The van der Waals surface area contributed by atoms with Gasteiger partial charge >= 0.3 is 0 Å². The summed E-state index contributed by atoms with van der Waals surface area (Å²) in [6.45, 7) is 4.01. The molecule has 0 spiro atoms. The number of rotatable bonds is 6. The molecule has 0 saturated heterocycles. The van der Waals surface area contributed by atoms with Gasteiger partial charge in [-0.3, -0.25) is 0 Å². The van der Waals surface area contributed by atoms with Gasteiger partial charge in [-0.05, 0) is 32.2 Å². The second kappa shape index (κ2) is 6.68. The van der Waals surface area contributed by atoms with E-state index in [0.29, 0.717) is 6.61 Å². The fourth-order valence-corrected chi connectivity index (χ4v) is 2.23. The molecule has 1 aromatic carbocycles. The van der Waals surface area contributed by atoms with E-state index in [0.717, 1.165) is 34.7 Å². The second-order valence-electron chi connectivity index (χ2n) is 4.06. The molecule has 0 atom stereocenters. The lowest BCUT2D eigenvalue weighted by atomic mass is 10.2. The smallest absolute Gasteiger partial charge is 0.164 e. The van der Waals surface area contributed by atoms with E-state index < -0.39 is 0 Å². The average Bonchev–Trinajstić information content (AvgIpc) is 2.85. The van der Waals surface area contributed by atoms with Crippen molar-refractivity contribution >= 4 is 15.9 Å². The first kappa shape index (κ1) is 14.0. The van der Waals surface area contributed by atoms with Crippen LogP contribution in [0.3, 0.4) is 0 Å². The Labute approximate surface area is 121 Å². The fraction of sp³-hybridized carbons (Fsp3) is 0.385. The molecule has 0 aliphatic heterocycles. The quantitative estimate of drug-likeness (QED) is 0.886. The van der Waals surface area contributed by atoms with Crippen LogP contribution in [0.1, 0.15) is 18.3 Å². The highest BCUT2D eigenvalue weighted by Crippen LogP contribution is 2.23. The summed E-state index contributed by atoms with van der Waals surface area (Å²) < 4.78 is 8.72. The topological polar surface area (TPSA) is 52.0 Å². The summed E-state index contributed by atoms with van der Waals surface area (Å²) in [5.41, 5.74) is 1.11. The molecule has 19 heavy (non-hydrogen) atoms. The Hall–Kier alpha value is -1.40. The summed E-state index contributed by atoms with van der Waals surface area (Å²) in [5, 5.41) is 7.26. The molecule has 0 fully saturated rings. The van der Waals surface area contributed by atoms with Gasteiger partial charge < -0.3 is 10.1 Å². The molecule has 0 amide bonds. The Balaban J connectivity index is 2.10. The first-order valence-electron chi connectivity index (χ1n) is 6.17. The van der Waals surface area contributed by atoms with Gasteiger partial charge in [-0.25, -0.2) is 9.67 Å². The number of nitrogens with one attached hydrogen (secondary N) is 1. The van der Waals surface area contributed by atoms with Crippen LogP contribution in [0.15, 0.2) is 29.0 Å². The molecule has 0 aliphatic rings. The third-order valence-electron chi connectivity index (χ3n) is 2.74. The lowest BCUT2D eigenvalue weighted by Crippen LogP contribution is -2.10. The monoisotopic (exact) mass is 324 g/mol. The van der Waals surface area contributed by atoms with Crippen LogP contribution in [0.4, 0.5) is 0 Å². The largest absolute Gasteiger partial charge is 0.485 e. The number of aromatic nitrogens is 3. The molecular formula is C13H17BrN4O. The van der Waals surface area contributed by atoms with Crippen molar-refractivity contribution in [3.63, 3.8) is 0 Å². The zero-order valence-electron chi connectivity index (χ0n) is 11.1. The van der Waals surface area contributed by atoms with E-state index in [9.17, 15) is 0 Å². The lowest BCUT2D eigenvalue weighted by molar-refractivity contribution is 0.284. The van der Waals surface area contributed by atoms with Crippen molar-refractivity contribution in [1.29, 1.82) is 0 Å². The van der Waals surface area contributed by atoms with Crippen molar-refractivity contribution in [2.45, 2.75) is 26.6 Å². The first-order valence-corrected chi connectivity index (χ1v) is 6.96. The Bertz CT molecular complexity index is 541. The minimum Gasteiger partial charge on any atom is -0.485 e. The highest BCUT2D eigenvalue weighted by Gasteiger charge is 2.07. The van der Waals surface area contributed by atoms with E-state index in [-0.39, 0.29) is 0 Å². The number of hydrogen-bond donors (Lipinski definition) is 1. The zero-order chi connectivity index (χ0) is 13.7. The Morgan fingerprint density at radius 1 is 1.42 bits per heavy atom. The molecular weight excluding hydrogens is 308 g/mol. The van der Waals surface area contributed by atoms with Crippen LogP contribution in [0.25, 0.3) is 0 Å². The molecule has 102 valence electrons. The predicted octanol–water partition coefficient (Wildman–Crippen LogP) is 2.36. The molecule has 1 aromatic heterocycles. The molecule has 6 heteroatoms. The standard InChI is InChI=1S/C13H17BrN4O/c1-3-18-13(16-9-17-18)8-19-12-5-4-11(14)6-10(12)7-15-2/h4-6,9,15H,3,7-8H2,1-2H3. The number of aryl methyl sites for hydroxylation is 1. The van der Waals surface area contributed by atoms with E-state index in [1.807, 2.05) is 30.8 Å². The van der Waals surface area contributed by atoms with Crippen LogP contribution in [0.2, 0.25) is 0 Å². The maximum Gasteiger partial charge on any atom is 0.164 e. The van der Waals surface area contributed by atoms with E-state index in [4.69, 9.17) is 4.74 Å². The Kier molecular flexibility index (Phi) is 4.93. The fourth-order valence-electron chi connectivity index (χ4n) is 1.82. The summed E-state index contributed by atoms with van der Waals surface area (Å²) in [5.74, 6) is 1.70. The third-order valence-corrected chi connectivity index (χ3v) is 3.24. The summed E-state index contributed by atoms with van der Waals surface area (Å²) >= 11 is 3.47. The summed E-state index contributed by atoms with van der Waals surface area (Å²) in [6, 6.07) is 5.98. The van der Waals surface area contributed by atoms with Gasteiger partial charge in [0.15, 0.2) is 5.82 Å². The van der Waals surface area contributed by atoms with E-state index in [1.165, 1.54) is 0 Å². The van der Waals surface area contributed by atoms with Crippen molar-refractivity contribution in [2.75, 3.05) is 7.05 Å². The molecule has 0 aliphatic carbocycles. The SMILES string of the molecule is CCn1ncnc1COc1ccc(Br)cc1CNC. The Morgan fingerprint density at radius 3 is 3.00 bits per heavy atom. The van der Waals surface area contributed by atoms with Crippen LogP contribution >= 0.6 is 15.9 Å². The van der Waals surface area contributed by atoms with Gasteiger partial charge in [0.25, 0.3) is 0 Å². The summed E-state index contributed by atoms with van der Waals surface area (Å²) in [7, 11) is 1.92. The zero-order valence-corrected chi connectivity index (χ0v) is 12.6. The van der Waals surface area contributed by atoms with Crippen LogP contribution in [0.5, 0.6) is 5.75 Å². The van der Waals surface area contributed by atoms with E-state index >= 15 is 0 Å². The lowest BCUT2D eigenvalue weighted by Gasteiger charge is -2.11. The molecule has 1 N–H and O–H groups in total. The third kappa shape index (κ3) is 3.54. The van der Waals surface area contributed by atoms with Crippen molar-refractivity contribution < 1.29 is 4.74 Å². The van der Waals surface area contributed by atoms with Gasteiger partial charge in [-0.2, -0.15) is 5.10 Å². The molecule has 5 nitrogen and oxygen atoms in total. The molecule has 0 unspecified atom stereocenters. The minimum atomic E-state index is 0.423. The number of benzene rings is 1. The molecule has 2 aromatic rings. The van der Waals surface area contributed by atoms with Gasteiger partial charge in [-0.15, -0.1) is 0 Å². The second-order valence-corrected chi connectivity index (χ2v) is 4.98. The molecule has 0 radical (unpaired) electrons. The van der Waals surface area contributed by atoms with E-state index in [2.05, 4.69) is 37.4 Å². The van der Waals surface area contributed by atoms with Crippen molar-refractivity contribution in [3.8, 4) is 5.75 Å². The first-order chi connectivity index (χ1) is 9.24. The number of ether oxygens (including phenoxy) is 1. The highest BCUT2D eigenvalue weighted by atomic mass is 79.9. The maximum absolute atomic E-state index is 5.85. The Morgan fingerprint density at radius 2 is 2.26 bits per heavy atom. The predicted molar refractivity (Wildman–Crippen MR) is 76.9 cm³/mol. The van der Waals surface area contributed by atoms with Gasteiger partial charge in [-0.1, -0.05) is 15.9 Å². The average molecular weight is 325 g/mol. The van der Waals surface area contributed by atoms with Gasteiger partial charge in [0.2, 0.25) is 0 Å². The number of nitrogens with zero attached hydrogens (tertiary/aromatic N) is 3. The van der Waals surface area contributed by atoms with Gasteiger partial charge in [0.05, 0.1) is 0 Å². The van der Waals surface area contributed by atoms with Crippen LogP contribution in [-0.4, -0.2) is 21.8 Å². The van der Waals surface area contributed by atoms with Crippen LogP contribution < -0.4 is 10.1 Å². The summed E-state index contributed by atoms with van der Waals surface area (Å²) in [6.07, 6.45) is 1.55. The van der Waals surface area contributed by atoms with Crippen LogP contribution in [0, 0.1) is 0 Å². The molecule has 2 rings (SSSR count). The number of halogens is 1. The maximum atomic E-state index is 5.85. The highest BCUT2D eigenvalue weighted by molar-refractivity contribution is 9.10. The van der Waals surface area contributed by atoms with Crippen molar-refractivity contribution in [3.05, 3.63) is 40.4 Å². The molecule has 1 heterocycles. The van der Waals surface area contributed by atoms with Crippen molar-refractivity contribution in [1.82, 2.24) is 20.1 Å². The minimum absolute atomic E-state index is 0.423. The normalized spacial score (nSPS) is 10.7. The van der Waals surface area contributed by atoms with Crippen molar-refractivity contribution in [2.24, 2.45) is 0 Å². The van der Waals surface area contributed by atoms with Gasteiger partial charge in [0.1, 0.15) is 18.7 Å². The molecule has 0 saturated carbocycles. The number of hydrogen-bond acceptors (Lipinski definition) is 4. The van der Waals surface area contributed by atoms with Gasteiger partial charge in [0, 0.05) is 23.1 Å². The molecule has 0 bridgehead atoms. The summed E-state index contributed by atoms with van der Waals surface area (Å²) in [4.78, 5) is 4.20. The van der Waals surface area contributed by atoms with Crippen LogP contribution in [-0.2, 0) is 19.7 Å². The van der Waals surface area contributed by atoms with E-state index in [1.54, 1.807) is 6.33 Å².